The molecule has 0 spiro atoms. The first-order valence-electron chi connectivity index (χ1n) is 7.98. The van der Waals surface area contributed by atoms with Crippen LogP contribution in [0.2, 0.25) is 5.02 Å². The van der Waals surface area contributed by atoms with E-state index in [4.69, 9.17) is 16.3 Å². The Hall–Kier alpha value is -0.930. The molecule has 1 N–H and O–H groups in total. The molecule has 0 amide bonds. The Balaban J connectivity index is 1.74. The summed E-state index contributed by atoms with van der Waals surface area (Å²) in [6.45, 7) is 2.07. The number of ether oxygens (including phenoxy) is 1. The number of rotatable bonds is 4. The van der Waals surface area contributed by atoms with Crippen LogP contribution in [0.5, 0.6) is 11.5 Å². The average Bonchev–Trinajstić information content (AvgIpc) is 3.13. The highest BCUT2D eigenvalue weighted by molar-refractivity contribution is 6.32. The molecule has 1 unspecified atom stereocenters. The second kappa shape index (κ2) is 6.45. The largest absolute Gasteiger partial charge is 0.503 e. The quantitative estimate of drug-likeness (QED) is 0.904. The molecule has 2 aliphatic rings. The van der Waals surface area contributed by atoms with Gasteiger partial charge in [-0.3, -0.25) is 4.90 Å². The molecule has 1 heterocycles. The predicted molar refractivity (Wildman–Crippen MR) is 85.1 cm³/mol. The molecule has 1 aromatic carbocycles. The summed E-state index contributed by atoms with van der Waals surface area (Å²) in [7, 11) is 1.56. The third-order valence-corrected chi connectivity index (χ3v) is 5.34. The zero-order valence-electron chi connectivity index (χ0n) is 12.6. The van der Waals surface area contributed by atoms with E-state index in [1.165, 1.54) is 45.1 Å². The highest BCUT2D eigenvalue weighted by Gasteiger charge is 2.33. The van der Waals surface area contributed by atoms with Gasteiger partial charge in [-0.25, -0.2) is 0 Å². The zero-order valence-corrected chi connectivity index (χ0v) is 13.4. The number of nitrogens with zero attached hydrogens (tertiary/aromatic N) is 1. The maximum atomic E-state index is 9.84. The summed E-state index contributed by atoms with van der Waals surface area (Å²) in [5.41, 5.74) is 1.12. The standard InChI is InChI=1S/C17H24ClNO2/c1-21-16-10-12(9-14(18)17(16)20)11-19-8-4-7-15(19)13-5-2-3-6-13/h9-10,13,15,20H,2-8,11H2,1H3. The van der Waals surface area contributed by atoms with Gasteiger partial charge in [-0.1, -0.05) is 24.4 Å². The Morgan fingerprint density at radius 3 is 2.71 bits per heavy atom. The maximum Gasteiger partial charge on any atom is 0.176 e. The maximum absolute atomic E-state index is 9.84. The number of halogens is 1. The molecule has 0 bridgehead atoms. The van der Waals surface area contributed by atoms with Gasteiger partial charge in [-0.15, -0.1) is 0 Å². The Kier molecular flexibility index (Phi) is 4.60. The zero-order chi connectivity index (χ0) is 14.8. The average molecular weight is 310 g/mol. The molecule has 21 heavy (non-hydrogen) atoms. The van der Waals surface area contributed by atoms with E-state index in [0.29, 0.717) is 10.8 Å². The van der Waals surface area contributed by atoms with Crippen molar-refractivity contribution < 1.29 is 9.84 Å². The molecule has 0 aromatic heterocycles. The number of phenols is 1. The van der Waals surface area contributed by atoms with Gasteiger partial charge in [-0.2, -0.15) is 0 Å². The summed E-state index contributed by atoms with van der Waals surface area (Å²) in [6, 6.07) is 4.50. The molecule has 2 fully saturated rings. The Morgan fingerprint density at radius 1 is 1.24 bits per heavy atom. The molecule has 4 heteroatoms. The monoisotopic (exact) mass is 309 g/mol. The van der Waals surface area contributed by atoms with Crippen molar-refractivity contribution in [3.63, 3.8) is 0 Å². The van der Waals surface area contributed by atoms with Crippen LogP contribution in [0, 0.1) is 5.92 Å². The Morgan fingerprint density at radius 2 is 2.00 bits per heavy atom. The fraction of sp³-hybridized carbons (Fsp3) is 0.647. The SMILES string of the molecule is COc1cc(CN2CCCC2C2CCCC2)cc(Cl)c1O. The lowest BCUT2D eigenvalue weighted by Crippen LogP contribution is -2.34. The number of aromatic hydroxyl groups is 1. The van der Waals surface area contributed by atoms with Gasteiger partial charge >= 0.3 is 0 Å². The predicted octanol–water partition coefficient (Wildman–Crippen LogP) is 4.21. The Labute approximate surface area is 131 Å². The minimum atomic E-state index is 0.0386. The van der Waals surface area contributed by atoms with Crippen LogP contribution in [-0.4, -0.2) is 29.7 Å². The van der Waals surface area contributed by atoms with Crippen molar-refractivity contribution in [3.05, 3.63) is 22.7 Å². The Bertz CT molecular complexity index is 500. The van der Waals surface area contributed by atoms with E-state index >= 15 is 0 Å². The molecule has 1 aromatic rings. The van der Waals surface area contributed by atoms with E-state index in [0.717, 1.165) is 24.1 Å². The third kappa shape index (κ3) is 3.14. The van der Waals surface area contributed by atoms with E-state index in [9.17, 15) is 5.11 Å². The van der Waals surface area contributed by atoms with Gasteiger partial charge in [0, 0.05) is 12.6 Å². The summed E-state index contributed by atoms with van der Waals surface area (Å²) in [4.78, 5) is 2.60. The van der Waals surface area contributed by atoms with Gasteiger partial charge in [0.05, 0.1) is 12.1 Å². The van der Waals surface area contributed by atoms with Crippen molar-refractivity contribution in [1.29, 1.82) is 0 Å². The summed E-state index contributed by atoms with van der Waals surface area (Å²) < 4.78 is 5.20. The van der Waals surface area contributed by atoms with Crippen molar-refractivity contribution in [1.82, 2.24) is 4.90 Å². The van der Waals surface area contributed by atoms with Crippen LogP contribution in [0.25, 0.3) is 0 Å². The van der Waals surface area contributed by atoms with Crippen molar-refractivity contribution in [3.8, 4) is 11.5 Å². The van der Waals surface area contributed by atoms with Crippen LogP contribution in [0.15, 0.2) is 12.1 Å². The number of methoxy groups -OCH3 is 1. The summed E-state index contributed by atoms with van der Waals surface area (Å²) in [6.07, 6.45) is 8.20. The molecular formula is C17H24ClNO2. The first-order valence-corrected chi connectivity index (χ1v) is 8.36. The normalized spacial score (nSPS) is 23.8. The second-order valence-electron chi connectivity index (χ2n) is 6.35. The van der Waals surface area contributed by atoms with Gasteiger partial charge in [0.15, 0.2) is 11.5 Å². The van der Waals surface area contributed by atoms with Gasteiger partial charge in [0.1, 0.15) is 0 Å². The van der Waals surface area contributed by atoms with E-state index in [-0.39, 0.29) is 5.75 Å². The van der Waals surface area contributed by atoms with E-state index in [2.05, 4.69) is 4.90 Å². The van der Waals surface area contributed by atoms with Crippen LogP contribution in [0.3, 0.4) is 0 Å². The highest BCUT2D eigenvalue weighted by atomic mass is 35.5. The van der Waals surface area contributed by atoms with Crippen molar-refractivity contribution in [2.24, 2.45) is 5.92 Å². The third-order valence-electron chi connectivity index (χ3n) is 5.05. The smallest absolute Gasteiger partial charge is 0.176 e. The van der Waals surface area contributed by atoms with Crippen molar-refractivity contribution in [2.45, 2.75) is 51.1 Å². The van der Waals surface area contributed by atoms with E-state index in [1.807, 2.05) is 12.1 Å². The minimum absolute atomic E-state index is 0.0386. The van der Waals surface area contributed by atoms with Crippen LogP contribution in [-0.2, 0) is 6.54 Å². The van der Waals surface area contributed by atoms with Crippen LogP contribution >= 0.6 is 11.6 Å². The molecule has 1 saturated carbocycles. The fourth-order valence-electron chi connectivity index (χ4n) is 4.03. The molecular weight excluding hydrogens is 286 g/mol. The molecule has 1 aliphatic heterocycles. The van der Waals surface area contributed by atoms with E-state index in [1.54, 1.807) is 7.11 Å². The summed E-state index contributed by atoms with van der Waals surface area (Å²) >= 11 is 6.10. The first-order chi connectivity index (χ1) is 10.2. The molecule has 1 aliphatic carbocycles. The highest BCUT2D eigenvalue weighted by Crippen LogP contribution is 2.38. The van der Waals surface area contributed by atoms with Crippen molar-refractivity contribution in [2.75, 3.05) is 13.7 Å². The molecule has 3 nitrogen and oxygen atoms in total. The van der Waals surface area contributed by atoms with Crippen LogP contribution in [0.4, 0.5) is 0 Å². The molecule has 116 valence electrons. The van der Waals surface area contributed by atoms with Gasteiger partial charge in [0.2, 0.25) is 0 Å². The minimum Gasteiger partial charge on any atom is -0.503 e. The second-order valence-corrected chi connectivity index (χ2v) is 6.76. The van der Waals surface area contributed by atoms with Crippen molar-refractivity contribution >= 4 is 11.6 Å². The lowest BCUT2D eigenvalue weighted by molar-refractivity contribution is 0.183. The first kappa shape index (κ1) is 15.0. The lowest BCUT2D eigenvalue weighted by Gasteiger charge is -2.29. The lowest BCUT2D eigenvalue weighted by atomic mass is 9.96. The molecule has 0 radical (unpaired) electrons. The number of likely N-dealkylation sites (tertiary alicyclic amines) is 1. The topological polar surface area (TPSA) is 32.7 Å². The van der Waals surface area contributed by atoms with Gasteiger partial charge in [0.25, 0.3) is 0 Å². The summed E-state index contributed by atoms with van der Waals surface area (Å²) in [5.74, 6) is 1.38. The number of benzene rings is 1. The van der Waals surface area contributed by atoms with Gasteiger partial charge < -0.3 is 9.84 Å². The van der Waals surface area contributed by atoms with Crippen LogP contribution < -0.4 is 4.74 Å². The number of phenolic OH excluding ortho intramolecular Hbond substituents is 1. The van der Waals surface area contributed by atoms with Crippen LogP contribution in [0.1, 0.15) is 44.1 Å². The number of hydrogen-bond donors (Lipinski definition) is 1. The molecule has 3 rings (SSSR count). The number of hydrogen-bond acceptors (Lipinski definition) is 3. The van der Waals surface area contributed by atoms with Gasteiger partial charge in [-0.05, 0) is 55.8 Å². The summed E-state index contributed by atoms with van der Waals surface area (Å²) in [5, 5.41) is 10.2. The molecule has 1 atom stereocenters. The fourth-order valence-corrected chi connectivity index (χ4v) is 4.27. The van der Waals surface area contributed by atoms with E-state index < -0.39 is 0 Å². The molecule has 1 saturated heterocycles.